The summed E-state index contributed by atoms with van der Waals surface area (Å²) in [4.78, 5) is 4.31. The first-order chi connectivity index (χ1) is 9.34. The Morgan fingerprint density at radius 1 is 0.947 bits per heavy atom. The topological polar surface area (TPSA) is 24.9 Å². The van der Waals surface area contributed by atoms with Crippen molar-refractivity contribution in [2.45, 2.75) is 6.54 Å². The second-order valence-electron chi connectivity index (χ2n) is 4.35. The van der Waals surface area contributed by atoms with Gasteiger partial charge in [0.1, 0.15) is 0 Å². The highest BCUT2D eigenvalue weighted by atomic mass is 127. The van der Waals surface area contributed by atoms with Crippen LogP contribution in [0.2, 0.25) is 0 Å². The van der Waals surface area contributed by atoms with Crippen LogP contribution in [-0.4, -0.2) is 4.98 Å². The normalized spacial score (nSPS) is 10.6. The van der Waals surface area contributed by atoms with E-state index in [2.05, 4.69) is 63.2 Å². The molecule has 1 aromatic heterocycles. The molecule has 0 unspecified atom stereocenters. The minimum absolute atomic E-state index is 0.786. The van der Waals surface area contributed by atoms with Gasteiger partial charge in [0, 0.05) is 33.6 Å². The molecule has 0 saturated carbocycles. The molecule has 1 heterocycles. The van der Waals surface area contributed by atoms with Gasteiger partial charge < -0.3 is 5.32 Å². The van der Waals surface area contributed by atoms with Crippen LogP contribution in [-0.2, 0) is 6.54 Å². The van der Waals surface area contributed by atoms with Crippen molar-refractivity contribution >= 4 is 39.1 Å². The number of hydrogen-bond donors (Lipinski definition) is 1. The molecule has 0 bridgehead atoms. The van der Waals surface area contributed by atoms with Crippen LogP contribution in [0.4, 0.5) is 5.69 Å². The zero-order valence-corrected chi connectivity index (χ0v) is 12.5. The number of para-hydroxylation sites is 1. The van der Waals surface area contributed by atoms with Crippen LogP contribution < -0.4 is 5.32 Å². The molecule has 3 rings (SSSR count). The molecule has 1 N–H and O–H groups in total. The molecule has 0 aliphatic carbocycles. The van der Waals surface area contributed by atoms with Crippen molar-refractivity contribution in [3.8, 4) is 0 Å². The summed E-state index contributed by atoms with van der Waals surface area (Å²) in [5, 5.41) is 5.92. The number of nitrogens with one attached hydrogen (secondary N) is 1. The molecule has 0 aliphatic rings. The number of hydrogen-bond acceptors (Lipinski definition) is 2. The first-order valence-corrected chi connectivity index (χ1v) is 7.22. The SMILES string of the molecule is Ic1ccccc1NCc1cncc2ccccc12. The molecule has 3 heteroatoms. The molecule has 94 valence electrons. The van der Waals surface area contributed by atoms with E-state index in [1.54, 1.807) is 0 Å². The van der Waals surface area contributed by atoms with Gasteiger partial charge in [0.2, 0.25) is 0 Å². The van der Waals surface area contributed by atoms with E-state index in [9.17, 15) is 0 Å². The van der Waals surface area contributed by atoms with Crippen molar-refractivity contribution in [3.05, 3.63) is 70.1 Å². The predicted octanol–water partition coefficient (Wildman–Crippen LogP) is 4.45. The van der Waals surface area contributed by atoms with Gasteiger partial charge in [0.25, 0.3) is 0 Å². The Morgan fingerprint density at radius 3 is 2.63 bits per heavy atom. The monoisotopic (exact) mass is 360 g/mol. The highest BCUT2D eigenvalue weighted by molar-refractivity contribution is 14.1. The maximum atomic E-state index is 4.31. The van der Waals surface area contributed by atoms with Gasteiger partial charge in [-0.15, -0.1) is 0 Å². The van der Waals surface area contributed by atoms with Crippen molar-refractivity contribution in [3.63, 3.8) is 0 Å². The molecule has 0 atom stereocenters. The lowest BCUT2D eigenvalue weighted by molar-refractivity contribution is 1.13. The summed E-state index contributed by atoms with van der Waals surface area (Å²) in [6.45, 7) is 0.786. The molecule has 0 fully saturated rings. The van der Waals surface area contributed by atoms with E-state index >= 15 is 0 Å². The van der Waals surface area contributed by atoms with E-state index in [1.165, 1.54) is 19.9 Å². The van der Waals surface area contributed by atoms with Crippen molar-refractivity contribution in [2.75, 3.05) is 5.32 Å². The van der Waals surface area contributed by atoms with Gasteiger partial charge in [-0.1, -0.05) is 36.4 Å². The van der Waals surface area contributed by atoms with Crippen LogP contribution >= 0.6 is 22.6 Å². The van der Waals surface area contributed by atoms with Crippen LogP contribution in [0.3, 0.4) is 0 Å². The van der Waals surface area contributed by atoms with E-state index in [-0.39, 0.29) is 0 Å². The van der Waals surface area contributed by atoms with Crippen molar-refractivity contribution in [1.29, 1.82) is 0 Å². The van der Waals surface area contributed by atoms with Gasteiger partial charge in [0.15, 0.2) is 0 Å². The Hall–Kier alpha value is -1.62. The molecule has 0 radical (unpaired) electrons. The Bertz CT molecular complexity index is 704. The third kappa shape index (κ3) is 2.71. The highest BCUT2D eigenvalue weighted by Gasteiger charge is 2.02. The summed E-state index contributed by atoms with van der Waals surface area (Å²) in [6, 6.07) is 16.6. The van der Waals surface area contributed by atoms with E-state index < -0.39 is 0 Å². The predicted molar refractivity (Wildman–Crippen MR) is 88.2 cm³/mol. The summed E-state index contributed by atoms with van der Waals surface area (Å²) >= 11 is 2.34. The molecule has 0 amide bonds. The summed E-state index contributed by atoms with van der Waals surface area (Å²) in [5.41, 5.74) is 2.38. The highest BCUT2D eigenvalue weighted by Crippen LogP contribution is 2.21. The first kappa shape index (κ1) is 12.4. The number of fused-ring (bicyclic) bond motifs is 1. The fourth-order valence-corrected chi connectivity index (χ4v) is 2.69. The summed E-state index contributed by atoms with van der Waals surface area (Å²) < 4.78 is 1.23. The quantitative estimate of drug-likeness (QED) is 0.698. The minimum Gasteiger partial charge on any atom is -0.380 e. The van der Waals surface area contributed by atoms with E-state index in [0.29, 0.717) is 0 Å². The molecular formula is C16H13IN2. The van der Waals surface area contributed by atoms with Crippen LogP contribution in [0.1, 0.15) is 5.56 Å². The molecule has 2 nitrogen and oxygen atoms in total. The van der Waals surface area contributed by atoms with E-state index in [1.807, 2.05) is 30.6 Å². The maximum absolute atomic E-state index is 4.31. The second kappa shape index (κ2) is 5.57. The smallest absolute Gasteiger partial charge is 0.0478 e. The summed E-state index contributed by atoms with van der Waals surface area (Å²) in [6.07, 6.45) is 3.84. The third-order valence-electron chi connectivity index (χ3n) is 3.09. The lowest BCUT2D eigenvalue weighted by Crippen LogP contribution is -2.02. The van der Waals surface area contributed by atoms with Crippen LogP contribution in [0.25, 0.3) is 10.8 Å². The van der Waals surface area contributed by atoms with Gasteiger partial charge in [-0.3, -0.25) is 4.98 Å². The average molecular weight is 360 g/mol. The standard InChI is InChI=1S/C16H13IN2/c17-15-7-3-4-8-16(15)19-11-13-10-18-9-12-5-1-2-6-14(12)13/h1-10,19H,11H2. The summed E-state index contributed by atoms with van der Waals surface area (Å²) in [7, 11) is 0. The van der Waals surface area contributed by atoms with Crippen molar-refractivity contribution in [2.24, 2.45) is 0 Å². The zero-order chi connectivity index (χ0) is 13.1. The number of nitrogens with zero attached hydrogens (tertiary/aromatic N) is 1. The van der Waals surface area contributed by atoms with E-state index in [0.717, 1.165) is 12.2 Å². The number of benzene rings is 2. The fourth-order valence-electron chi connectivity index (χ4n) is 2.11. The van der Waals surface area contributed by atoms with Crippen LogP contribution in [0, 0.1) is 3.57 Å². The first-order valence-electron chi connectivity index (χ1n) is 6.14. The number of pyridine rings is 1. The second-order valence-corrected chi connectivity index (χ2v) is 5.52. The number of aromatic nitrogens is 1. The number of halogens is 1. The fraction of sp³-hybridized carbons (Fsp3) is 0.0625. The summed E-state index contributed by atoms with van der Waals surface area (Å²) in [5.74, 6) is 0. The molecule has 0 saturated heterocycles. The Labute approximate surface area is 126 Å². The molecule has 3 aromatic rings. The van der Waals surface area contributed by atoms with Crippen LogP contribution in [0.15, 0.2) is 60.9 Å². The average Bonchev–Trinajstić information content (AvgIpc) is 2.46. The molecule has 0 aliphatic heterocycles. The Morgan fingerprint density at radius 2 is 1.74 bits per heavy atom. The van der Waals surface area contributed by atoms with Gasteiger partial charge in [-0.25, -0.2) is 0 Å². The minimum atomic E-state index is 0.786. The lowest BCUT2D eigenvalue weighted by atomic mass is 10.1. The molecule has 2 aromatic carbocycles. The zero-order valence-electron chi connectivity index (χ0n) is 10.3. The van der Waals surface area contributed by atoms with Gasteiger partial charge in [-0.2, -0.15) is 0 Å². The Balaban J connectivity index is 1.88. The largest absolute Gasteiger partial charge is 0.380 e. The van der Waals surface area contributed by atoms with Gasteiger partial charge >= 0.3 is 0 Å². The van der Waals surface area contributed by atoms with E-state index in [4.69, 9.17) is 0 Å². The number of anilines is 1. The van der Waals surface area contributed by atoms with Gasteiger partial charge in [0.05, 0.1) is 0 Å². The van der Waals surface area contributed by atoms with Crippen LogP contribution in [0.5, 0.6) is 0 Å². The molecular weight excluding hydrogens is 347 g/mol. The maximum Gasteiger partial charge on any atom is 0.0478 e. The molecule has 19 heavy (non-hydrogen) atoms. The molecule has 0 spiro atoms. The van der Waals surface area contributed by atoms with Crippen molar-refractivity contribution in [1.82, 2.24) is 4.98 Å². The number of rotatable bonds is 3. The Kier molecular flexibility index (Phi) is 3.64. The third-order valence-corrected chi connectivity index (χ3v) is 4.03. The lowest BCUT2D eigenvalue weighted by Gasteiger charge is -2.10. The van der Waals surface area contributed by atoms with Crippen molar-refractivity contribution < 1.29 is 0 Å². The van der Waals surface area contributed by atoms with Gasteiger partial charge in [-0.05, 0) is 45.7 Å².